The Labute approximate surface area is 113 Å². The molecule has 5 nitrogen and oxygen atoms in total. The molecular weight excluding hydrogens is 302 g/mol. The number of hydrogen-bond donors (Lipinski definition) is 1. The highest BCUT2D eigenvalue weighted by Crippen LogP contribution is 2.15. The number of amides is 1. The molecule has 98 valence electrons. The lowest BCUT2D eigenvalue weighted by Crippen LogP contribution is -2.39. The maximum atomic E-state index is 11.8. The molecule has 0 bridgehead atoms. The summed E-state index contributed by atoms with van der Waals surface area (Å²) in [4.78, 5) is 23.7. The summed E-state index contributed by atoms with van der Waals surface area (Å²) < 4.78 is 5.77. The third-order valence-corrected chi connectivity index (χ3v) is 2.62. The lowest BCUT2D eigenvalue weighted by Gasteiger charge is -2.23. The molecule has 1 heterocycles. The predicted octanol–water partition coefficient (Wildman–Crippen LogP) is 2.38. The van der Waals surface area contributed by atoms with Gasteiger partial charge in [0.05, 0.1) is 0 Å². The number of halogens is 1. The van der Waals surface area contributed by atoms with E-state index in [4.69, 9.17) is 9.52 Å². The lowest BCUT2D eigenvalue weighted by atomic mass is 10.3. The van der Waals surface area contributed by atoms with Crippen LogP contribution in [0.15, 0.2) is 27.3 Å². The molecule has 0 fully saturated rings. The van der Waals surface area contributed by atoms with E-state index in [9.17, 15) is 9.59 Å². The van der Waals surface area contributed by atoms with Gasteiger partial charge in [0.2, 0.25) is 5.91 Å². The summed E-state index contributed by atoms with van der Waals surface area (Å²) in [5, 5.41) is 8.73. The first-order valence-corrected chi connectivity index (χ1v) is 6.15. The van der Waals surface area contributed by atoms with Crippen molar-refractivity contribution in [2.75, 3.05) is 6.54 Å². The van der Waals surface area contributed by atoms with E-state index in [1.807, 2.05) is 0 Å². The maximum absolute atomic E-state index is 11.8. The van der Waals surface area contributed by atoms with E-state index in [1.54, 1.807) is 26.0 Å². The van der Waals surface area contributed by atoms with Crippen molar-refractivity contribution >= 4 is 33.9 Å². The van der Waals surface area contributed by atoms with Crippen molar-refractivity contribution in [3.8, 4) is 0 Å². The fraction of sp³-hybridized carbons (Fsp3) is 0.333. The molecule has 0 spiro atoms. The minimum absolute atomic E-state index is 0.179. The number of carboxylic acids is 1. The average Bonchev–Trinajstić information content (AvgIpc) is 2.68. The van der Waals surface area contributed by atoms with Gasteiger partial charge in [-0.2, -0.15) is 0 Å². The molecule has 0 saturated carbocycles. The summed E-state index contributed by atoms with van der Waals surface area (Å²) in [6.07, 6.45) is 2.80. The van der Waals surface area contributed by atoms with Gasteiger partial charge in [-0.25, -0.2) is 0 Å². The van der Waals surface area contributed by atoms with Gasteiger partial charge in [0.15, 0.2) is 4.67 Å². The van der Waals surface area contributed by atoms with Gasteiger partial charge >= 0.3 is 5.97 Å². The van der Waals surface area contributed by atoms with E-state index in [0.29, 0.717) is 10.4 Å². The molecule has 0 unspecified atom stereocenters. The first kappa shape index (κ1) is 14.5. The van der Waals surface area contributed by atoms with Gasteiger partial charge in [0, 0.05) is 12.1 Å². The maximum Gasteiger partial charge on any atom is 0.323 e. The van der Waals surface area contributed by atoms with Crippen LogP contribution in [0.3, 0.4) is 0 Å². The van der Waals surface area contributed by atoms with Crippen LogP contribution in [0.1, 0.15) is 19.6 Å². The van der Waals surface area contributed by atoms with E-state index in [0.717, 1.165) is 0 Å². The molecule has 1 aromatic rings. The third-order valence-electron chi connectivity index (χ3n) is 2.20. The fourth-order valence-electron chi connectivity index (χ4n) is 1.33. The number of carbonyl (C=O) groups is 2. The standard InChI is InChI=1S/C12H14BrNO4/c1-8(2)14(7-12(16)17)11(15)6-4-9-3-5-10(13)18-9/h3-6,8H,7H2,1-2H3,(H,16,17)/b6-4+. The van der Waals surface area contributed by atoms with Crippen LogP contribution in [0.5, 0.6) is 0 Å². The topological polar surface area (TPSA) is 70.8 Å². The van der Waals surface area contributed by atoms with Gasteiger partial charge in [0.25, 0.3) is 0 Å². The molecule has 1 amide bonds. The van der Waals surface area contributed by atoms with Crippen molar-refractivity contribution in [1.82, 2.24) is 4.90 Å². The summed E-state index contributed by atoms with van der Waals surface area (Å²) in [7, 11) is 0. The zero-order valence-corrected chi connectivity index (χ0v) is 11.7. The number of carbonyl (C=O) groups excluding carboxylic acids is 1. The van der Waals surface area contributed by atoms with Crippen molar-refractivity contribution < 1.29 is 19.1 Å². The molecule has 0 aliphatic carbocycles. The quantitative estimate of drug-likeness (QED) is 0.847. The van der Waals surface area contributed by atoms with Crippen molar-refractivity contribution in [3.05, 3.63) is 28.6 Å². The summed E-state index contributed by atoms with van der Waals surface area (Å²) >= 11 is 3.15. The Bertz CT molecular complexity index is 464. The molecule has 0 radical (unpaired) electrons. The number of nitrogens with zero attached hydrogens (tertiary/aromatic N) is 1. The van der Waals surface area contributed by atoms with Gasteiger partial charge in [-0.1, -0.05) is 0 Å². The summed E-state index contributed by atoms with van der Waals surface area (Å²) in [5.74, 6) is -0.875. The van der Waals surface area contributed by atoms with Gasteiger partial charge in [-0.05, 0) is 48.0 Å². The highest BCUT2D eigenvalue weighted by molar-refractivity contribution is 9.10. The van der Waals surface area contributed by atoms with Crippen molar-refractivity contribution in [2.45, 2.75) is 19.9 Å². The van der Waals surface area contributed by atoms with Gasteiger partial charge in [-0.3, -0.25) is 9.59 Å². The molecule has 18 heavy (non-hydrogen) atoms. The SMILES string of the molecule is CC(C)N(CC(=O)O)C(=O)/C=C/c1ccc(Br)o1. The van der Waals surface area contributed by atoms with Gasteiger partial charge in [0.1, 0.15) is 12.3 Å². The smallest absolute Gasteiger partial charge is 0.323 e. The second-order valence-corrected chi connectivity index (χ2v) is 4.71. The Morgan fingerprint density at radius 1 is 1.50 bits per heavy atom. The van der Waals surface area contributed by atoms with E-state index < -0.39 is 5.97 Å². The molecule has 1 aromatic heterocycles. The Morgan fingerprint density at radius 3 is 2.61 bits per heavy atom. The summed E-state index contributed by atoms with van der Waals surface area (Å²) in [5.41, 5.74) is 0. The molecule has 0 atom stereocenters. The highest BCUT2D eigenvalue weighted by Gasteiger charge is 2.17. The van der Waals surface area contributed by atoms with Crippen molar-refractivity contribution in [3.63, 3.8) is 0 Å². The lowest BCUT2D eigenvalue weighted by molar-refractivity contribution is -0.143. The molecule has 0 aromatic carbocycles. The van der Waals surface area contributed by atoms with E-state index in [2.05, 4.69) is 15.9 Å². The van der Waals surface area contributed by atoms with E-state index in [-0.39, 0.29) is 18.5 Å². The van der Waals surface area contributed by atoms with Crippen LogP contribution in [0.25, 0.3) is 6.08 Å². The number of hydrogen-bond acceptors (Lipinski definition) is 3. The first-order chi connectivity index (χ1) is 8.40. The van der Waals surface area contributed by atoms with Crippen molar-refractivity contribution in [1.29, 1.82) is 0 Å². The minimum atomic E-state index is -1.04. The number of carboxylic acid groups (broad SMARTS) is 1. The second-order valence-electron chi connectivity index (χ2n) is 3.93. The highest BCUT2D eigenvalue weighted by atomic mass is 79.9. The Hall–Kier alpha value is -1.56. The number of aliphatic carboxylic acids is 1. The van der Waals surface area contributed by atoms with Crippen LogP contribution in [-0.2, 0) is 9.59 Å². The van der Waals surface area contributed by atoms with Crippen LogP contribution < -0.4 is 0 Å². The predicted molar refractivity (Wildman–Crippen MR) is 69.9 cm³/mol. The van der Waals surface area contributed by atoms with Crippen LogP contribution in [0, 0.1) is 0 Å². The monoisotopic (exact) mass is 315 g/mol. The Balaban J connectivity index is 2.72. The largest absolute Gasteiger partial charge is 0.480 e. The van der Waals surface area contributed by atoms with Crippen LogP contribution in [0.2, 0.25) is 0 Å². The van der Waals surface area contributed by atoms with E-state index >= 15 is 0 Å². The van der Waals surface area contributed by atoms with Crippen LogP contribution in [-0.4, -0.2) is 34.5 Å². The molecule has 0 aliphatic rings. The van der Waals surface area contributed by atoms with E-state index in [1.165, 1.54) is 17.1 Å². The second kappa shape index (κ2) is 6.39. The fourth-order valence-corrected chi connectivity index (χ4v) is 1.65. The Morgan fingerprint density at radius 2 is 2.17 bits per heavy atom. The summed E-state index contributed by atoms with van der Waals surface area (Å²) in [6.45, 7) is 3.21. The molecule has 1 N–H and O–H groups in total. The Kier molecular flexibility index (Phi) is 5.15. The molecule has 0 aliphatic heterocycles. The average molecular weight is 316 g/mol. The minimum Gasteiger partial charge on any atom is -0.480 e. The third kappa shape index (κ3) is 4.37. The van der Waals surface area contributed by atoms with Crippen molar-refractivity contribution in [2.24, 2.45) is 0 Å². The first-order valence-electron chi connectivity index (χ1n) is 5.36. The molecule has 1 rings (SSSR count). The molecule has 0 saturated heterocycles. The van der Waals surface area contributed by atoms with Gasteiger partial charge < -0.3 is 14.4 Å². The normalized spacial score (nSPS) is 11.1. The van der Waals surface area contributed by atoms with Crippen LogP contribution in [0.4, 0.5) is 0 Å². The van der Waals surface area contributed by atoms with Gasteiger partial charge in [-0.15, -0.1) is 0 Å². The number of rotatable bonds is 5. The zero-order valence-electron chi connectivity index (χ0n) is 10.1. The zero-order chi connectivity index (χ0) is 13.7. The molecule has 6 heteroatoms. The molecular formula is C12H14BrNO4. The number of furan rings is 1. The summed E-state index contributed by atoms with van der Waals surface area (Å²) in [6, 6.07) is 3.23. The van der Waals surface area contributed by atoms with Crippen LogP contribution >= 0.6 is 15.9 Å².